The van der Waals surface area contributed by atoms with E-state index in [9.17, 15) is 19.2 Å². The molecule has 2 aromatic heterocycles. The fraction of sp³-hybridized carbons (Fsp3) is 0.409. The Morgan fingerprint density at radius 1 is 0.949 bits per heavy atom. The van der Waals surface area contributed by atoms with Gasteiger partial charge in [0.2, 0.25) is 11.8 Å². The number of carbonyl (C=O) groups excluding carboxylic acids is 4. The van der Waals surface area contributed by atoms with Crippen molar-refractivity contribution in [3.8, 4) is 34.0 Å². The molecule has 5 aromatic rings. The number of alkyl carbamates (subject to hydrolysis) is 2. The molecule has 4 heterocycles. The fourth-order valence-corrected chi connectivity index (χ4v) is 8.28. The summed E-state index contributed by atoms with van der Waals surface area (Å²) < 4.78 is 16.0. The first-order chi connectivity index (χ1) is 28.3. The van der Waals surface area contributed by atoms with Crippen LogP contribution in [-0.4, -0.2) is 93.6 Å². The number of aromatic amines is 2. The summed E-state index contributed by atoms with van der Waals surface area (Å²) in [7, 11) is 2.55. The molecule has 59 heavy (non-hydrogen) atoms. The van der Waals surface area contributed by atoms with Crippen LogP contribution in [0.15, 0.2) is 60.9 Å². The first kappa shape index (κ1) is 40.8. The minimum Gasteiger partial charge on any atom is -0.457 e. The summed E-state index contributed by atoms with van der Waals surface area (Å²) in [5.41, 5.74) is 5.27. The molecule has 1 unspecified atom stereocenters. The average Bonchev–Trinajstić information content (AvgIpc) is 4.02. The molecule has 4 amide bonds. The number of nitrogens with zero attached hydrogens (tertiary/aromatic N) is 4. The number of methoxy groups -OCH3 is 2. The van der Waals surface area contributed by atoms with Gasteiger partial charge in [0.1, 0.15) is 35.7 Å². The van der Waals surface area contributed by atoms with Crippen LogP contribution in [0.5, 0.6) is 11.5 Å². The fourth-order valence-electron chi connectivity index (χ4n) is 8.28. The average molecular weight is 805 g/mol. The highest BCUT2D eigenvalue weighted by Crippen LogP contribution is 2.51. The van der Waals surface area contributed by atoms with Gasteiger partial charge in [-0.15, -0.1) is 0 Å². The van der Waals surface area contributed by atoms with Crippen molar-refractivity contribution in [1.29, 1.82) is 0 Å². The van der Waals surface area contributed by atoms with Gasteiger partial charge in [0.25, 0.3) is 0 Å². The van der Waals surface area contributed by atoms with Gasteiger partial charge in [0.15, 0.2) is 0 Å². The predicted octanol–water partition coefficient (Wildman–Crippen LogP) is 7.19. The molecule has 0 radical (unpaired) electrons. The summed E-state index contributed by atoms with van der Waals surface area (Å²) in [5.74, 6) is 2.39. The van der Waals surface area contributed by atoms with Crippen molar-refractivity contribution < 1.29 is 33.4 Å². The molecule has 310 valence electrons. The number of fused-ring (bicyclic) bond motifs is 4. The molecule has 2 aliphatic rings. The Kier molecular flexibility index (Phi) is 11.6. The van der Waals surface area contributed by atoms with E-state index in [0.29, 0.717) is 24.7 Å². The second-order valence-electron chi connectivity index (χ2n) is 15.9. The van der Waals surface area contributed by atoms with Crippen molar-refractivity contribution >= 4 is 34.8 Å². The Morgan fingerprint density at radius 3 is 2.42 bits per heavy atom. The monoisotopic (exact) mass is 804 g/mol. The molecule has 7 rings (SSSR count). The number of rotatable bonds is 12. The van der Waals surface area contributed by atoms with E-state index in [1.807, 2.05) is 32.9 Å². The van der Waals surface area contributed by atoms with E-state index in [1.165, 1.54) is 14.2 Å². The molecule has 15 nitrogen and oxygen atoms in total. The molecule has 1 fully saturated rings. The molecule has 0 spiro atoms. The maximum absolute atomic E-state index is 13.6. The van der Waals surface area contributed by atoms with Gasteiger partial charge < -0.3 is 44.6 Å². The highest BCUT2D eigenvalue weighted by molar-refractivity contribution is 5.93. The smallest absolute Gasteiger partial charge is 0.407 e. The summed E-state index contributed by atoms with van der Waals surface area (Å²) >= 11 is 0. The van der Waals surface area contributed by atoms with Gasteiger partial charge in [-0.05, 0) is 54.2 Å². The van der Waals surface area contributed by atoms with E-state index >= 15 is 0 Å². The molecular formula is C44H52N8O7. The van der Waals surface area contributed by atoms with Gasteiger partial charge in [-0.25, -0.2) is 19.6 Å². The summed E-state index contributed by atoms with van der Waals surface area (Å²) in [4.78, 5) is 69.6. The molecule has 1 saturated heterocycles. The van der Waals surface area contributed by atoms with Gasteiger partial charge in [0.05, 0.1) is 50.6 Å². The number of H-pyrrole nitrogens is 2. The molecule has 0 bridgehead atoms. The second kappa shape index (κ2) is 16.8. The van der Waals surface area contributed by atoms with Crippen molar-refractivity contribution in [1.82, 2.24) is 40.4 Å². The van der Waals surface area contributed by atoms with Gasteiger partial charge in [-0.3, -0.25) is 9.59 Å². The van der Waals surface area contributed by atoms with E-state index < -0.39 is 23.6 Å². The maximum atomic E-state index is 13.6. The Morgan fingerprint density at radius 2 is 1.68 bits per heavy atom. The van der Waals surface area contributed by atoms with Crippen LogP contribution in [0.2, 0.25) is 0 Å². The highest BCUT2D eigenvalue weighted by atomic mass is 16.5. The summed E-state index contributed by atoms with van der Waals surface area (Å²) in [5, 5.41) is 7.29. The first-order valence-electron chi connectivity index (χ1n) is 20.1. The lowest BCUT2D eigenvalue weighted by Gasteiger charge is -2.35. The van der Waals surface area contributed by atoms with Gasteiger partial charge in [-0.2, -0.15) is 0 Å². The van der Waals surface area contributed by atoms with Crippen LogP contribution in [-0.2, 0) is 31.0 Å². The number of imidazole rings is 2. The topological polar surface area (TPSA) is 184 Å². The number of amides is 4. The molecule has 3 aromatic carbocycles. The van der Waals surface area contributed by atoms with E-state index in [1.54, 1.807) is 22.2 Å². The van der Waals surface area contributed by atoms with Crippen molar-refractivity contribution in [2.45, 2.75) is 77.9 Å². The summed E-state index contributed by atoms with van der Waals surface area (Å²) in [6.45, 7) is 11.4. The zero-order chi connectivity index (χ0) is 42.0. The van der Waals surface area contributed by atoms with Crippen molar-refractivity contribution in [2.24, 2.45) is 5.92 Å². The molecular weight excluding hydrogens is 753 g/mol. The van der Waals surface area contributed by atoms with E-state index in [0.717, 1.165) is 75.2 Å². The molecule has 15 heteroatoms. The van der Waals surface area contributed by atoms with Crippen LogP contribution in [0.4, 0.5) is 9.59 Å². The van der Waals surface area contributed by atoms with Crippen LogP contribution in [0, 0.1) is 5.92 Å². The number of benzene rings is 3. The SMILES string of the molecule is CCCN(Cc1ncc(-c2ccc3c4c(ccc3c2)Oc2cc(-c3cnc([C@@H]5CCCN5C(=O)CNC(=O)OC)[nH]3)ccc2C4(C)C)[nH]1)C(=O)C(NC(=O)OC)C(C)C. The third-order valence-corrected chi connectivity index (χ3v) is 11.3. The lowest BCUT2D eigenvalue weighted by Crippen LogP contribution is -2.51. The number of nitrogens with one attached hydrogen (secondary N) is 4. The standard InChI is InChI=1S/C44H52N8O7/c1-8-17-51(41(54)39(25(2)3)50-43(56)58-7)24-36-45-21-31(48-36)27-11-14-29-26(19-27)13-16-34-38(29)44(4,5)30-15-12-28(20-35(30)59-34)32-22-46-40(49-32)33-10-9-18-52(33)37(53)23-47-42(55)57-6/h11-16,19-22,25,33,39H,8-10,17-18,23-24H2,1-7H3,(H,45,48)(H,46,49)(H,47,55)(H,50,56)/t33-,39?/m0/s1. The Balaban J connectivity index is 1.09. The number of ether oxygens (including phenoxy) is 3. The van der Waals surface area contributed by atoms with Crippen molar-refractivity contribution in [3.63, 3.8) is 0 Å². The van der Waals surface area contributed by atoms with Crippen molar-refractivity contribution in [2.75, 3.05) is 33.9 Å². The minimum atomic E-state index is -0.722. The maximum Gasteiger partial charge on any atom is 0.407 e. The predicted molar refractivity (Wildman–Crippen MR) is 222 cm³/mol. The third kappa shape index (κ3) is 8.18. The molecule has 4 N–H and O–H groups in total. The van der Waals surface area contributed by atoms with Crippen LogP contribution in [0.1, 0.15) is 82.7 Å². The van der Waals surface area contributed by atoms with Crippen LogP contribution in [0.3, 0.4) is 0 Å². The zero-order valence-corrected chi connectivity index (χ0v) is 34.6. The minimum absolute atomic E-state index is 0.131. The van der Waals surface area contributed by atoms with Gasteiger partial charge in [0, 0.05) is 40.8 Å². The Labute approximate surface area is 343 Å². The molecule has 0 aliphatic carbocycles. The van der Waals surface area contributed by atoms with Crippen molar-refractivity contribution in [3.05, 3.63) is 83.7 Å². The number of aromatic nitrogens is 4. The number of hydrogen-bond donors (Lipinski definition) is 4. The largest absolute Gasteiger partial charge is 0.457 e. The normalized spacial score (nSPS) is 15.9. The lowest BCUT2D eigenvalue weighted by atomic mass is 9.73. The second-order valence-corrected chi connectivity index (χ2v) is 15.9. The van der Waals surface area contributed by atoms with E-state index in [2.05, 4.69) is 85.6 Å². The van der Waals surface area contributed by atoms with Gasteiger partial charge >= 0.3 is 12.2 Å². The first-order valence-corrected chi connectivity index (χ1v) is 20.1. The van der Waals surface area contributed by atoms with Crippen LogP contribution >= 0.6 is 0 Å². The molecule has 2 aliphatic heterocycles. The highest BCUT2D eigenvalue weighted by Gasteiger charge is 2.37. The summed E-state index contributed by atoms with van der Waals surface area (Å²) in [6.07, 6.45) is 4.64. The summed E-state index contributed by atoms with van der Waals surface area (Å²) in [6, 6.07) is 15.7. The van der Waals surface area contributed by atoms with Crippen LogP contribution in [0.25, 0.3) is 33.3 Å². The van der Waals surface area contributed by atoms with E-state index in [-0.39, 0.29) is 36.9 Å². The molecule has 0 saturated carbocycles. The third-order valence-electron chi connectivity index (χ3n) is 11.3. The van der Waals surface area contributed by atoms with Crippen LogP contribution < -0.4 is 15.4 Å². The van der Waals surface area contributed by atoms with Gasteiger partial charge in [-0.1, -0.05) is 65.0 Å². The Bertz CT molecular complexity index is 2380. The lowest BCUT2D eigenvalue weighted by molar-refractivity contribution is -0.135. The number of carbonyl (C=O) groups is 4. The number of hydrogen-bond acceptors (Lipinski definition) is 9. The van der Waals surface area contributed by atoms with E-state index in [4.69, 9.17) is 9.47 Å². The molecule has 2 atom stereocenters. The quantitative estimate of drug-likeness (QED) is 0.101. The number of likely N-dealkylation sites (tertiary alicyclic amines) is 1. The zero-order valence-electron chi connectivity index (χ0n) is 34.6. The Hall–Kier alpha value is -6.38.